The Hall–Kier alpha value is -1.42. The number of anilines is 1. The van der Waals surface area contributed by atoms with Crippen molar-refractivity contribution in [2.75, 3.05) is 5.32 Å². The molecule has 0 spiro atoms. The highest BCUT2D eigenvalue weighted by Crippen LogP contribution is 2.24. The molecule has 2 aromatic rings. The van der Waals surface area contributed by atoms with Crippen LogP contribution in [0.4, 0.5) is 10.2 Å². The summed E-state index contributed by atoms with van der Waals surface area (Å²) >= 11 is 3.51. The largest absolute Gasteiger partial charge is 0.365 e. The fourth-order valence-corrected chi connectivity index (χ4v) is 2.36. The number of nitrogens with zero attached hydrogens (tertiary/aromatic N) is 1. The maximum atomic E-state index is 13.6. The van der Waals surface area contributed by atoms with Gasteiger partial charge in [-0.05, 0) is 65.0 Å². The molecule has 0 saturated heterocycles. The molecule has 1 aromatic carbocycles. The Labute approximate surface area is 121 Å². The summed E-state index contributed by atoms with van der Waals surface area (Å²) in [7, 11) is 0. The monoisotopic (exact) mass is 322 g/mol. The first-order valence-electron chi connectivity index (χ1n) is 6.09. The van der Waals surface area contributed by atoms with Crippen LogP contribution in [-0.2, 0) is 6.54 Å². The third-order valence-corrected chi connectivity index (χ3v) is 4.04. The Morgan fingerprint density at radius 3 is 2.42 bits per heavy atom. The molecule has 1 N–H and O–H groups in total. The Balaban J connectivity index is 2.17. The van der Waals surface area contributed by atoms with Gasteiger partial charge < -0.3 is 5.32 Å². The molecule has 19 heavy (non-hydrogen) atoms. The van der Waals surface area contributed by atoms with Gasteiger partial charge in [-0.25, -0.2) is 9.37 Å². The number of nitrogens with one attached hydrogen (secondary N) is 1. The van der Waals surface area contributed by atoms with Crippen molar-refractivity contribution in [1.29, 1.82) is 0 Å². The lowest BCUT2D eigenvalue weighted by Gasteiger charge is -2.11. The highest BCUT2D eigenvalue weighted by atomic mass is 79.9. The molecular formula is C15H16BrFN2. The number of rotatable bonds is 3. The molecular weight excluding hydrogens is 307 g/mol. The zero-order chi connectivity index (χ0) is 14.0. The topological polar surface area (TPSA) is 24.9 Å². The van der Waals surface area contributed by atoms with E-state index in [0.29, 0.717) is 17.7 Å². The molecule has 2 nitrogen and oxygen atoms in total. The van der Waals surface area contributed by atoms with Crippen LogP contribution in [-0.4, -0.2) is 4.98 Å². The molecule has 0 bridgehead atoms. The smallest absolute Gasteiger partial charge is 0.140 e. The summed E-state index contributed by atoms with van der Waals surface area (Å²) in [5.41, 5.74) is 3.52. The highest BCUT2D eigenvalue weighted by Gasteiger charge is 2.06. The van der Waals surface area contributed by atoms with Crippen LogP contribution in [0.2, 0.25) is 0 Å². The summed E-state index contributed by atoms with van der Waals surface area (Å²) in [6.45, 7) is 6.21. The van der Waals surface area contributed by atoms with E-state index in [9.17, 15) is 4.39 Å². The second-order valence-corrected chi connectivity index (χ2v) is 5.48. The quantitative estimate of drug-likeness (QED) is 0.898. The molecule has 0 aliphatic heterocycles. The SMILES string of the molecule is Cc1cc(CNc2nccc(C)c2Br)cc(C)c1F. The molecule has 0 atom stereocenters. The fraction of sp³-hybridized carbons (Fsp3) is 0.267. The van der Waals surface area contributed by atoms with Crippen molar-refractivity contribution in [3.63, 3.8) is 0 Å². The van der Waals surface area contributed by atoms with E-state index in [1.165, 1.54) is 0 Å². The minimum Gasteiger partial charge on any atom is -0.365 e. The zero-order valence-corrected chi connectivity index (χ0v) is 12.8. The van der Waals surface area contributed by atoms with Crippen LogP contribution in [0.25, 0.3) is 0 Å². The first-order chi connectivity index (χ1) is 8.99. The van der Waals surface area contributed by atoms with E-state index in [2.05, 4.69) is 26.2 Å². The Kier molecular flexibility index (Phi) is 4.20. The third-order valence-electron chi connectivity index (χ3n) is 3.04. The van der Waals surface area contributed by atoms with Crippen molar-refractivity contribution < 1.29 is 4.39 Å². The molecule has 0 radical (unpaired) electrons. The Morgan fingerprint density at radius 2 is 1.79 bits per heavy atom. The summed E-state index contributed by atoms with van der Waals surface area (Å²) in [5, 5.41) is 3.26. The molecule has 2 rings (SSSR count). The van der Waals surface area contributed by atoms with Crippen LogP contribution in [0.1, 0.15) is 22.3 Å². The lowest BCUT2D eigenvalue weighted by Crippen LogP contribution is -2.04. The third kappa shape index (κ3) is 3.13. The van der Waals surface area contributed by atoms with E-state index in [4.69, 9.17) is 0 Å². The van der Waals surface area contributed by atoms with Crippen molar-refractivity contribution in [1.82, 2.24) is 4.98 Å². The van der Waals surface area contributed by atoms with Crippen LogP contribution >= 0.6 is 15.9 Å². The van der Waals surface area contributed by atoms with Crippen molar-refractivity contribution in [2.24, 2.45) is 0 Å². The summed E-state index contributed by atoms with van der Waals surface area (Å²) in [4.78, 5) is 4.28. The molecule has 1 heterocycles. The average molecular weight is 323 g/mol. The number of aromatic nitrogens is 1. The maximum absolute atomic E-state index is 13.6. The first kappa shape index (κ1) is 14.0. The van der Waals surface area contributed by atoms with Gasteiger partial charge in [0.15, 0.2) is 0 Å². The summed E-state index contributed by atoms with van der Waals surface area (Å²) in [6, 6.07) is 5.67. The lowest BCUT2D eigenvalue weighted by atomic mass is 10.1. The van der Waals surface area contributed by atoms with Gasteiger partial charge in [-0.15, -0.1) is 0 Å². The van der Waals surface area contributed by atoms with Crippen molar-refractivity contribution in [3.8, 4) is 0 Å². The lowest BCUT2D eigenvalue weighted by molar-refractivity contribution is 0.608. The molecule has 4 heteroatoms. The van der Waals surface area contributed by atoms with E-state index >= 15 is 0 Å². The van der Waals surface area contributed by atoms with Gasteiger partial charge in [0.25, 0.3) is 0 Å². The van der Waals surface area contributed by atoms with Gasteiger partial charge in [0.1, 0.15) is 11.6 Å². The zero-order valence-electron chi connectivity index (χ0n) is 11.2. The van der Waals surface area contributed by atoms with Gasteiger partial charge in [-0.1, -0.05) is 12.1 Å². The Bertz CT molecular complexity index is 588. The molecule has 0 saturated carbocycles. The Morgan fingerprint density at radius 1 is 1.16 bits per heavy atom. The van der Waals surface area contributed by atoms with E-state index in [1.54, 1.807) is 20.0 Å². The summed E-state index contributed by atoms with van der Waals surface area (Å²) in [5.74, 6) is 0.679. The number of benzene rings is 1. The van der Waals surface area contributed by atoms with Crippen LogP contribution in [0.15, 0.2) is 28.9 Å². The van der Waals surface area contributed by atoms with Crippen LogP contribution in [0.3, 0.4) is 0 Å². The molecule has 0 fully saturated rings. The molecule has 1 aromatic heterocycles. The van der Waals surface area contributed by atoms with E-state index in [-0.39, 0.29) is 5.82 Å². The normalized spacial score (nSPS) is 10.6. The van der Waals surface area contributed by atoms with E-state index in [0.717, 1.165) is 21.4 Å². The van der Waals surface area contributed by atoms with Gasteiger partial charge in [0.2, 0.25) is 0 Å². The van der Waals surface area contributed by atoms with Gasteiger partial charge in [-0.3, -0.25) is 0 Å². The minimum atomic E-state index is -0.126. The van der Waals surface area contributed by atoms with E-state index in [1.807, 2.05) is 25.1 Å². The fourth-order valence-electron chi connectivity index (χ4n) is 1.99. The minimum absolute atomic E-state index is 0.126. The average Bonchev–Trinajstić information content (AvgIpc) is 2.37. The van der Waals surface area contributed by atoms with Crippen LogP contribution in [0, 0.1) is 26.6 Å². The first-order valence-corrected chi connectivity index (χ1v) is 6.89. The molecule has 0 aliphatic rings. The van der Waals surface area contributed by atoms with Gasteiger partial charge >= 0.3 is 0 Å². The van der Waals surface area contributed by atoms with Crippen molar-refractivity contribution in [3.05, 3.63) is 56.9 Å². The van der Waals surface area contributed by atoms with Crippen molar-refractivity contribution >= 4 is 21.7 Å². The van der Waals surface area contributed by atoms with Gasteiger partial charge in [0.05, 0.1) is 4.47 Å². The predicted octanol–water partition coefficient (Wildman–Crippen LogP) is 4.52. The van der Waals surface area contributed by atoms with Crippen LogP contribution in [0.5, 0.6) is 0 Å². The molecule has 100 valence electrons. The number of aryl methyl sites for hydroxylation is 3. The second-order valence-electron chi connectivity index (χ2n) is 4.69. The highest BCUT2D eigenvalue weighted by molar-refractivity contribution is 9.10. The number of hydrogen-bond acceptors (Lipinski definition) is 2. The molecule has 0 amide bonds. The standard InChI is InChI=1S/C15H16BrFN2/c1-9-4-5-18-15(13(9)16)19-8-12-6-10(2)14(17)11(3)7-12/h4-7H,8H2,1-3H3,(H,18,19). The summed E-state index contributed by atoms with van der Waals surface area (Å²) in [6.07, 6.45) is 1.77. The summed E-state index contributed by atoms with van der Waals surface area (Å²) < 4.78 is 14.5. The second kappa shape index (κ2) is 5.70. The van der Waals surface area contributed by atoms with Gasteiger partial charge in [-0.2, -0.15) is 0 Å². The van der Waals surface area contributed by atoms with Gasteiger partial charge in [0, 0.05) is 12.7 Å². The molecule has 0 unspecified atom stereocenters. The van der Waals surface area contributed by atoms with E-state index < -0.39 is 0 Å². The number of halogens is 2. The van der Waals surface area contributed by atoms with Crippen LogP contribution < -0.4 is 5.32 Å². The predicted molar refractivity (Wildman–Crippen MR) is 79.9 cm³/mol. The number of pyridine rings is 1. The number of hydrogen-bond donors (Lipinski definition) is 1. The molecule has 0 aliphatic carbocycles. The van der Waals surface area contributed by atoms with Crippen molar-refractivity contribution in [2.45, 2.75) is 27.3 Å². The maximum Gasteiger partial charge on any atom is 0.140 e.